The van der Waals surface area contributed by atoms with Crippen molar-refractivity contribution in [1.82, 2.24) is 9.88 Å². The summed E-state index contributed by atoms with van der Waals surface area (Å²) in [5.41, 5.74) is 1.59. The van der Waals surface area contributed by atoms with Crippen LogP contribution >= 0.6 is 0 Å². The maximum Gasteiger partial charge on any atom is 0.296 e. The van der Waals surface area contributed by atoms with Gasteiger partial charge in [-0.15, -0.1) is 0 Å². The molecule has 2 aromatic carbocycles. The molecule has 0 saturated carbocycles. The van der Waals surface area contributed by atoms with Crippen LogP contribution in [0.25, 0.3) is 5.76 Å². The number of aliphatic hydroxyl groups excluding tert-OH is 1. The Labute approximate surface area is 191 Å². The van der Waals surface area contributed by atoms with Gasteiger partial charge in [0.25, 0.3) is 11.7 Å². The Morgan fingerprint density at radius 3 is 2.39 bits per heavy atom. The SMILES string of the molecule is CCCOc1ccc(/C(O)=C2\C(=O)C(=O)N(Cc3ccccn3)C2c2ccc(O)cc2)cc1. The van der Waals surface area contributed by atoms with E-state index in [0.717, 1.165) is 6.42 Å². The Bertz CT molecular complexity index is 1170. The van der Waals surface area contributed by atoms with Gasteiger partial charge in [-0.1, -0.05) is 25.1 Å². The molecule has 33 heavy (non-hydrogen) atoms. The highest BCUT2D eigenvalue weighted by molar-refractivity contribution is 6.46. The summed E-state index contributed by atoms with van der Waals surface area (Å²) in [4.78, 5) is 31.7. The first-order valence-corrected chi connectivity index (χ1v) is 10.7. The topological polar surface area (TPSA) is 100.0 Å². The average Bonchev–Trinajstić information content (AvgIpc) is 3.08. The molecule has 1 unspecified atom stereocenters. The monoisotopic (exact) mass is 444 g/mol. The summed E-state index contributed by atoms with van der Waals surface area (Å²) < 4.78 is 5.58. The molecule has 4 rings (SSSR count). The fourth-order valence-corrected chi connectivity index (χ4v) is 3.80. The lowest BCUT2D eigenvalue weighted by molar-refractivity contribution is -0.140. The largest absolute Gasteiger partial charge is 0.508 e. The number of aromatic hydroxyl groups is 1. The molecule has 7 nitrogen and oxygen atoms in total. The molecule has 1 atom stereocenters. The molecule has 168 valence electrons. The van der Waals surface area contributed by atoms with Crippen LogP contribution in [0.1, 0.15) is 36.2 Å². The number of amides is 1. The van der Waals surface area contributed by atoms with Crippen LogP contribution in [0.2, 0.25) is 0 Å². The molecule has 2 heterocycles. The number of aliphatic hydroxyl groups is 1. The zero-order valence-electron chi connectivity index (χ0n) is 18.1. The molecule has 1 amide bonds. The fraction of sp³-hybridized carbons (Fsp3) is 0.192. The predicted octanol–water partition coefficient (Wildman–Crippen LogP) is 4.20. The summed E-state index contributed by atoms with van der Waals surface area (Å²) in [6, 6.07) is 17.5. The number of carbonyl (C=O) groups is 2. The third kappa shape index (κ3) is 4.57. The highest BCUT2D eigenvalue weighted by Crippen LogP contribution is 2.40. The second kappa shape index (κ2) is 9.56. The number of likely N-dealkylation sites (tertiary alicyclic amines) is 1. The highest BCUT2D eigenvalue weighted by Gasteiger charge is 2.46. The first-order chi connectivity index (χ1) is 16.0. The minimum atomic E-state index is -0.830. The number of phenolic OH excluding ortho intramolecular Hbond substituents is 1. The molecule has 1 aliphatic heterocycles. The standard InChI is InChI=1S/C26H24N2O5/c1-2-15-33-21-12-8-18(9-13-21)24(30)22-23(17-6-10-20(29)11-7-17)28(26(32)25(22)31)16-19-5-3-4-14-27-19/h3-14,23,29-30H,2,15-16H2,1H3/b24-22+. The summed E-state index contributed by atoms with van der Waals surface area (Å²) in [7, 11) is 0. The van der Waals surface area contributed by atoms with Gasteiger partial charge in [-0.25, -0.2) is 0 Å². The van der Waals surface area contributed by atoms with Gasteiger partial charge in [0.1, 0.15) is 17.3 Å². The second-order valence-electron chi connectivity index (χ2n) is 7.71. The Balaban J connectivity index is 1.78. The molecule has 7 heteroatoms. The van der Waals surface area contributed by atoms with Crippen LogP contribution in [-0.2, 0) is 16.1 Å². The zero-order valence-corrected chi connectivity index (χ0v) is 18.1. The van der Waals surface area contributed by atoms with E-state index >= 15 is 0 Å². The number of hydrogen-bond donors (Lipinski definition) is 2. The molecule has 0 bridgehead atoms. The van der Waals surface area contributed by atoms with Gasteiger partial charge in [0.2, 0.25) is 0 Å². The van der Waals surface area contributed by atoms with Crippen LogP contribution in [0.5, 0.6) is 11.5 Å². The summed E-state index contributed by atoms with van der Waals surface area (Å²) in [6.45, 7) is 2.68. The lowest BCUT2D eigenvalue weighted by Gasteiger charge is -2.25. The van der Waals surface area contributed by atoms with Crippen LogP contribution in [0.15, 0.2) is 78.5 Å². The van der Waals surface area contributed by atoms with E-state index in [0.29, 0.717) is 29.2 Å². The number of ketones is 1. The molecule has 3 aromatic rings. The van der Waals surface area contributed by atoms with E-state index in [1.807, 2.05) is 6.92 Å². The van der Waals surface area contributed by atoms with E-state index in [2.05, 4.69) is 4.98 Å². The molecule has 1 aliphatic rings. The highest BCUT2D eigenvalue weighted by atomic mass is 16.5. The maximum absolute atomic E-state index is 13.1. The third-order valence-electron chi connectivity index (χ3n) is 5.41. The number of pyridine rings is 1. The number of ether oxygens (including phenoxy) is 1. The van der Waals surface area contributed by atoms with Crippen LogP contribution in [0, 0.1) is 0 Å². The molecule has 1 saturated heterocycles. The Hall–Kier alpha value is -4.13. The molecule has 1 aromatic heterocycles. The van der Waals surface area contributed by atoms with Crippen molar-refractivity contribution >= 4 is 17.4 Å². The number of phenols is 1. The van der Waals surface area contributed by atoms with Crippen LogP contribution in [0.3, 0.4) is 0 Å². The van der Waals surface area contributed by atoms with Crippen LogP contribution in [-0.4, -0.2) is 38.4 Å². The van der Waals surface area contributed by atoms with Gasteiger partial charge in [-0.3, -0.25) is 14.6 Å². The minimum Gasteiger partial charge on any atom is -0.508 e. The second-order valence-corrected chi connectivity index (χ2v) is 7.71. The number of Topliss-reactive ketones (excluding diaryl/α,β-unsaturated/α-hetero) is 1. The van der Waals surface area contributed by atoms with Crippen molar-refractivity contribution in [3.8, 4) is 11.5 Å². The lowest BCUT2D eigenvalue weighted by atomic mass is 9.95. The van der Waals surface area contributed by atoms with E-state index < -0.39 is 17.7 Å². The zero-order chi connectivity index (χ0) is 23.4. The first kappa shape index (κ1) is 22.1. The van der Waals surface area contributed by atoms with E-state index in [-0.39, 0.29) is 23.6 Å². The number of carbonyl (C=O) groups excluding carboxylic acids is 2. The van der Waals surface area contributed by atoms with Gasteiger partial charge in [0.15, 0.2) is 0 Å². The Morgan fingerprint density at radius 2 is 1.76 bits per heavy atom. The number of rotatable bonds is 7. The molecule has 0 radical (unpaired) electrons. The summed E-state index contributed by atoms with van der Waals surface area (Å²) in [5.74, 6) is -1.05. The summed E-state index contributed by atoms with van der Waals surface area (Å²) >= 11 is 0. The average molecular weight is 444 g/mol. The van der Waals surface area contributed by atoms with E-state index in [1.54, 1.807) is 60.8 Å². The van der Waals surface area contributed by atoms with E-state index in [9.17, 15) is 19.8 Å². The smallest absolute Gasteiger partial charge is 0.296 e. The maximum atomic E-state index is 13.1. The predicted molar refractivity (Wildman–Crippen MR) is 122 cm³/mol. The molecular formula is C26H24N2O5. The molecule has 0 spiro atoms. The van der Waals surface area contributed by atoms with E-state index in [4.69, 9.17) is 4.74 Å². The van der Waals surface area contributed by atoms with Gasteiger partial charge in [-0.2, -0.15) is 0 Å². The Morgan fingerprint density at radius 1 is 1.03 bits per heavy atom. The van der Waals surface area contributed by atoms with Gasteiger partial charge in [-0.05, 0) is 60.5 Å². The fourth-order valence-electron chi connectivity index (χ4n) is 3.80. The number of nitrogens with zero attached hydrogens (tertiary/aromatic N) is 2. The van der Waals surface area contributed by atoms with Crippen molar-refractivity contribution in [2.45, 2.75) is 25.9 Å². The molecular weight excluding hydrogens is 420 g/mol. The lowest BCUT2D eigenvalue weighted by Crippen LogP contribution is -2.29. The van der Waals surface area contributed by atoms with Gasteiger partial charge >= 0.3 is 0 Å². The summed E-state index contributed by atoms with van der Waals surface area (Å²) in [5, 5.41) is 20.8. The van der Waals surface area contributed by atoms with Gasteiger partial charge in [0, 0.05) is 11.8 Å². The van der Waals surface area contributed by atoms with Crippen molar-refractivity contribution in [2.24, 2.45) is 0 Å². The van der Waals surface area contributed by atoms with Crippen molar-refractivity contribution in [1.29, 1.82) is 0 Å². The summed E-state index contributed by atoms with van der Waals surface area (Å²) in [6.07, 6.45) is 2.48. The van der Waals surface area contributed by atoms with Crippen molar-refractivity contribution in [3.05, 3.63) is 95.3 Å². The normalized spacial score (nSPS) is 17.4. The molecule has 2 N–H and O–H groups in total. The van der Waals surface area contributed by atoms with Gasteiger partial charge < -0.3 is 19.8 Å². The van der Waals surface area contributed by atoms with Crippen molar-refractivity contribution in [2.75, 3.05) is 6.61 Å². The Kier molecular flexibility index (Phi) is 6.40. The van der Waals surface area contributed by atoms with Crippen LogP contribution in [0.4, 0.5) is 0 Å². The first-order valence-electron chi connectivity index (χ1n) is 10.7. The quantitative estimate of drug-likeness (QED) is 0.322. The van der Waals surface area contributed by atoms with Crippen molar-refractivity contribution < 1.29 is 24.5 Å². The molecule has 0 aliphatic carbocycles. The number of benzene rings is 2. The third-order valence-corrected chi connectivity index (χ3v) is 5.41. The number of aromatic nitrogens is 1. The molecule has 1 fully saturated rings. The van der Waals surface area contributed by atoms with Crippen LogP contribution < -0.4 is 4.74 Å². The van der Waals surface area contributed by atoms with Crippen molar-refractivity contribution in [3.63, 3.8) is 0 Å². The number of hydrogen-bond acceptors (Lipinski definition) is 6. The van der Waals surface area contributed by atoms with Gasteiger partial charge in [0.05, 0.1) is 30.5 Å². The van der Waals surface area contributed by atoms with E-state index in [1.165, 1.54) is 17.0 Å². The minimum absolute atomic E-state index is 0.0103.